The number of carbonyl (C=O) groups excluding carboxylic acids is 1. The van der Waals surface area contributed by atoms with E-state index >= 15 is 0 Å². The fourth-order valence-corrected chi connectivity index (χ4v) is 1.24. The van der Waals surface area contributed by atoms with E-state index in [1.54, 1.807) is 0 Å². The molecule has 1 amide bonds. The van der Waals surface area contributed by atoms with Crippen molar-refractivity contribution >= 4 is 5.91 Å². The molecule has 0 aromatic rings. The minimum absolute atomic E-state index is 0.0214. The second-order valence-electron chi connectivity index (χ2n) is 4.20. The van der Waals surface area contributed by atoms with Gasteiger partial charge in [-0.2, -0.15) is 0 Å². The van der Waals surface area contributed by atoms with Crippen molar-refractivity contribution in [3.63, 3.8) is 0 Å². The van der Waals surface area contributed by atoms with Crippen LogP contribution in [0.3, 0.4) is 0 Å². The molecule has 0 spiro atoms. The lowest BCUT2D eigenvalue weighted by molar-refractivity contribution is -0.123. The van der Waals surface area contributed by atoms with E-state index in [0.717, 1.165) is 19.4 Å². The molecule has 1 unspecified atom stereocenters. The van der Waals surface area contributed by atoms with Crippen LogP contribution in [-0.2, 0) is 4.79 Å². The van der Waals surface area contributed by atoms with Crippen molar-refractivity contribution in [1.29, 1.82) is 0 Å². The lowest BCUT2D eigenvalue weighted by Gasteiger charge is -2.18. The first-order valence-electron chi connectivity index (χ1n) is 5.56. The summed E-state index contributed by atoms with van der Waals surface area (Å²) in [4.78, 5) is 11.5. The summed E-state index contributed by atoms with van der Waals surface area (Å²) in [6, 6.07) is -0.371. The van der Waals surface area contributed by atoms with E-state index < -0.39 is 0 Å². The van der Waals surface area contributed by atoms with Gasteiger partial charge in [0.1, 0.15) is 0 Å². The fourth-order valence-electron chi connectivity index (χ4n) is 1.24. The monoisotopic (exact) mass is 200 g/mol. The Morgan fingerprint density at radius 1 is 1.29 bits per heavy atom. The molecule has 0 rings (SSSR count). The van der Waals surface area contributed by atoms with Crippen LogP contribution in [0.4, 0.5) is 0 Å². The molecule has 0 fully saturated rings. The van der Waals surface area contributed by atoms with Gasteiger partial charge in [-0.05, 0) is 11.8 Å². The molecule has 84 valence electrons. The van der Waals surface area contributed by atoms with Gasteiger partial charge in [-0.1, -0.05) is 40.5 Å². The maximum Gasteiger partial charge on any atom is 0.237 e. The van der Waals surface area contributed by atoms with Gasteiger partial charge in [-0.3, -0.25) is 4.79 Å². The molecule has 0 heterocycles. The smallest absolute Gasteiger partial charge is 0.237 e. The van der Waals surface area contributed by atoms with Crippen LogP contribution in [0.15, 0.2) is 0 Å². The molecule has 0 saturated heterocycles. The fraction of sp³-hybridized carbons (Fsp3) is 0.909. The highest BCUT2D eigenvalue weighted by molar-refractivity contribution is 5.81. The van der Waals surface area contributed by atoms with Crippen LogP contribution >= 0.6 is 0 Å². The molecule has 3 N–H and O–H groups in total. The Morgan fingerprint density at radius 2 is 1.79 bits per heavy atom. The first kappa shape index (κ1) is 13.4. The van der Waals surface area contributed by atoms with E-state index in [1.165, 1.54) is 0 Å². The van der Waals surface area contributed by atoms with E-state index in [2.05, 4.69) is 19.2 Å². The molecule has 1 atom stereocenters. The molecule has 14 heavy (non-hydrogen) atoms. The Labute approximate surface area is 87.4 Å². The molecule has 0 saturated carbocycles. The largest absolute Gasteiger partial charge is 0.354 e. The number of amides is 1. The SMILES string of the molecule is CCC(CC)CNC(=O)C(N)C(C)C. The predicted molar refractivity (Wildman–Crippen MR) is 59.9 cm³/mol. The predicted octanol–water partition coefficient (Wildman–Crippen LogP) is 1.52. The van der Waals surface area contributed by atoms with Crippen molar-refractivity contribution < 1.29 is 4.79 Å². The number of hydrogen-bond acceptors (Lipinski definition) is 2. The average Bonchev–Trinajstić information content (AvgIpc) is 2.17. The van der Waals surface area contributed by atoms with Crippen molar-refractivity contribution in [2.24, 2.45) is 17.6 Å². The summed E-state index contributed by atoms with van der Waals surface area (Å²) in [6.07, 6.45) is 2.21. The molecular weight excluding hydrogens is 176 g/mol. The van der Waals surface area contributed by atoms with Gasteiger partial charge in [0, 0.05) is 6.54 Å². The van der Waals surface area contributed by atoms with Crippen molar-refractivity contribution in [3.8, 4) is 0 Å². The summed E-state index contributed by atoms with van der Waals surface area (Å²) < 4.78 is 0. The third-order valence-corrected chi connectivity index (χ3v) is 2.74. The number of carbonyl (C=O) groups is 1. The van der Waals surface area contributed by atoms with Crippen molar-refractivity contribution in [2.75, 3.05) is 6.54 Å². The van der Waals surface area contributed by atoms with E-state index in [0.29, 0.717) is 5.92 Å². The maximum atomic E-state index is 11.5. The minimum Gasteiger partial charge on any atom is -0.354 e. The van der Waals surface area contributed by atoms with Crippen LogP contribution in [0.1, 0.15) is 40.5 Å². The van der Waals surface area contributed by atoms with E-state index in [9.17, 15) is 4.79 Å². The van der Waals surface area contributed by atoms with Crippen LogP contribution < -0.4 is 11.1 Å². The molecule has 0 aromatic carbocycles. The highest BCUT2D eigenvalue weighted by atomic mass is 16.2. The summed E-state index contributed by atoms with van der Waals surface area (Å²) >= 11 is 0. The first-order chi connectivity index (χ1) is 6.52. The van der Waals surface area contributed by atoms with Crippen molar-refractivity contribution in [1.82, 2.24) is 5.32 Å². The van der Waals surface area contributed by atoms with Gasteiger partial charge < -0.3 is 11.1 Å². The van der Waals surface area contributed by atoms with Gasteiger partial charge in [0.15, 0.2) is 0 Å². The zero-order valence-corrected chi connectivity index (χ0v) is 9.84. The highest BCUT2D eigenvalue weighted by Gasteiger charge is 2.17. The first-order valence-corrected chi connectivity index (χ1v) is 5.56. The Hall–Kier alpha value is -0.570. The van der Waals surface area contributed by atoms with Gasteiger partial charge in [0.05, 0.1) is 6.04 Å². The van der Waals surface area contributed by atoms with Gasteiger partial charge in [-0.15, -0.1) is 0 Å². The molecule has 0 aliphatic rings. The summed E-state index contributed by atoms with van der Waals surface area (Å²) in [6.45, 7) is 8.96. The number of nitrogens with two attached hydrogens (primary N) is 1. The summed E-state index contributed by atoms with van der Waals surface area (Å²) in [7, 11) is 0. The Balaban J connectivity index is 3.83. The van der Waals surface area contributed by atoms with Crippen LogP contribution in [-0.4, -0.2) is 18.5 Å². The summed E-state index contributed by atoms with van der Waals surface area (Å²) in [5, 5.41) is 2.90. The topological polar surface area (TPSA) is 55.1 Å². The third-order valence-electron chi connectivity index (χ3n) is 2.74. The highest BCUT2D eigenvalue weighted by Crippen LogP contribution is 2.05. The minimum atomic E-state index is -0.371. The van der Waals surface area contributed by atoms with E-state index in [4.69, 9.17) is 5.73 Å². The summed E-state index contributed by atoms with van der Waals surface area (Å²) in [5.41, 5.74) is 5.72. The molecule has 3 heteroatoms. The van der Waals surface area contributed by atoms with Gasteiger partial charge >= 0.3 is 0 Å². The normalized spacial score (nSPS) is 13.4. The lowest BCUT2D eigenvalue weighted by atomic mass is 10.0. The van der Waals surface area contributed by atoms with Crippen LogP contribution in [0, 0.1) is 11.8 Å². The lowest BCUT2D eigenvalue weighted by Crippen LogP contribution is -2.45. The molecule has 3 nitrogen and oxygen atoms in total. The second-order valence-corrected chi connectivity index (χ2v) is 4.20. The number of rotatable bonds is 6. The second kappa shape index (κ2) is 6.82. The molecule has 0 radical (unpaired) electrons. The third kappa shape index (κ3) is 4.61. The Bertz CT molecular complexity index is 165. The van der Waals surface area contributed by atoms with Crippen LogP contribution in [0.25, 0.3) is 0 Å². The number of nitrogens with one attached hydrogen (secondary N) is 1. The van der Waals surface area contributed by atoms with Gasteiger partial charge in [0.2, 0.25) is 5.91 Å². The molecular formula is C11H24N2O. The van der Waals surface area contributed by atoms with Crippen molar-refractivity contribution in [3.05, 3.63) is 0 Å². The Kier molecular flexibility index (Phi) is 6.54. The van der Waals surface area contributed by atoms with Crippen LogP contribution in [0.2, 0.25) is 0 Å². The molecule has 0 aliphatic carbocycles. The molecule has 0 aliphatic heterocycles. The molecule has 0 bridgehead atoms. The Morgan fingerprint density at radius 3 is 2.14 bits per heavy atom. The zero-order valence-electron chi connectivity index (χ0n) is 9.84. The zero-order chi connectivity index (χ0) is 11.1. The van der Waals surface area contributed by atoms with Gasteiger partial charge in [0.25, 0.3) is 0 Å². The van der Waals surface area contributed by atoms with Gasteiger partial charge in [-0.25, -0.2) is 0 Å². The van der Waals surface area contributed by atoms with E-state index in [-0.39, 0.29) is 17.9 Å². The number of hydrogen-bond donors (Lipinski definition) is 2. The average molecular weight is 200 g/mol. The standard InChI is InChI=1S/C11H24N2O/c1-5-9(6-2)7-13-11(14)10(12)8(3)4/h8-10H,5-7,12H2,1-4H3,(H,13,14). The maximum absolute atomic E-state index is 11.5. The summed E-state index contributed by atoms with van der Waals surface area (Å²) in [5.74, 6) is 0.766. The molecule has 0 aromatic heterocycles. The van der Waals surface area contributed by atoms with Crippen LogP contribution in [0.5, 0.6) is 0 Å². The van der Waals surface area contributed by atoms with Crippen molar-refractivity contribution in [2.45, 2.75) is 46.6 Å². The quantitative estimate of drug-likeness (QED) is 0.683. The van der Waals surface area contributed by atoms with E-state index in [1.807, 2.05) is 13.8 Å².